The van der Waals surface area contributed by atoms with Gasteiger partial charge in [0.2, 0.25) is 0 Å². The van der Waals surface area contributed by atoms with Crippen LogP contribution in [-0.4, -0.2) is 23.2 Å². The predicted octanol–water partition coefficient (Wildman–Crippen LogP) is 1.52. The molecule has 1 aliphatic rings. The van der Waals surface area contributed by atoms with Crippen LogP contribution in [0.3, 0.4) is 0 Å². The summed E-state index contributed by atoms with van der Waals surface area (Å²) in [5.74, 6) is 1.75. The van der Waals surface area contributed by atoms with E-state index in [1.165, 1.54) is 0 Å². The third-order valence-electron chi connectivity index (χ3n) is 2.70. The lowest BCUT2D eigenvalue weighted by Crippen LogP contribution is -2.18. The summed E-state index contributed by atoms with van der Waals surface area (Å²) in [4.78, 5) is 8.80. The standard InChI is InChI=1S/C11H17N3O/c1-2-9-6-10(12)14-11(13-9)8-4-3-5-15-7-8/h6,8H,2-5,7H2,1H3,(H2,12,13,14). The lowest BCUT2D eigenvalue weighted by atomic mass is 10.0. The van der Waals surface area contributed by atoms with Gasteiger partial charge in [-0.3, -0.25) is 0 Å². The first-order chi connectivity index (χ1) is 7.29. The van der Waals surface area contributed by atoms with Crippen LogP contribution in [0.2, 0.25) is 0 Å². The van der Waals surface area contributed by atoms with Crippen molar-refractivity contribution in [1.29, 1.82) is 0 Å². The normalized spacial score (nSPS) is 21.5. The van der Waals surface area contributed by atoms with Gasteiger partial charge in [-0.2, -0.15) is 0 Å². The largest absolute Gasteiger partial charge is 0.384 e. The summed E-state index contributed by atoms with van der Waals surface area (Å²) in [7, 11) is 0. The fourth-order valence-electron chi connectivity index (χ4n) is 1.85. The van der Waals surface area contributed by atoms with E-state index < -0.39 is 0 Å². The van der Waals surface area contributed by atoms with Crippen LogP contribution in [0, 0.1) is 0 Å². The molecule has 4 heteroatoms. The average molecular weight is 207 g/mol. The number of nitrogen functional groups attached to an aromatic ring is 1. The number of nitrogens with zero attached hydrogens (tertiary/aromatic N) is 2. The van der Waals surface area contributed by atoms with Gasteiger partial charge in [-0.15, -0.1) is 0 Å². The Labute approximate surface area is 89.9 Å². The fourth-order valence-corrected chi connectivity index (χ4v) is 1.85. The third-order valence-corrected chi connectivity index (χ3v) is 2.70. The van der Waals surface area contributed by atoms with Crippen molar-refractivity contribution in [2.75, 3.05) is 18.9 Å². The molecule has 0 spiro atoms. The summed E-state index contributed by atoms with van der Waals surface area (Å²) in [6.07, 6.45) is 3.09. The van der Waals surface area contributed by atoms with Crippen molar-refractivity contribution in [3.63, 3.8) is 0 Å². The van der Waals surface area contributed by atoms with Crippen molar-refractivity contribution in [3.05, 3.63) is 17.6 Å². The first-order valence-corrected chi connectivity index (χ1v) is 5.50. The van der Waals surface area contributed by atoms with Crippen molar-refractivity contribution in [1.82, 2.24) is 9.97 Å². The second-order valence-corrected chi connectivity index (χ2v) is 3.91. The molecule has 1 aromatic heterocycles. The van der Waals surface area contributed by atoms with Gasteiger partial charge in [-0.05, 0) is 19.3 Å². The van der Waals surface area contributed by atoms with E-state index >= 15 is 0 Å². The van der Waals surface area contributed by atoms with E-state index in [2.05, 4.69) is 16.9 Å². The Morgan fingerprint density at radius 2 is 2.40 bits per heavy atom. The summed E-state index contributed by atoms with van der Waals surface area (Å²) >= 11 is 0. The summed E-state index contributed by atoms with van der Waals surface area (Å²) in [6, 6.07) is 1.84. The molecule has 82 valence electrons. The molecule has 0 bridgehead atoms. The highest BCUT2D eigenvalue weighted by molar-refractivity contribution is 5.30. The third kappa shape index (κ3) is 2.45. The zero-order valence-corrected chi connectivity index (χ0v) is 9.07. The number of nitrogens with two attached hydrogens (primary N) is 1. The maximum Gasteiger partial charge on any atom is 0.136 e. The second-order valence-electron chi connectivity index (χ2n) is 3.91. The molecule has 0 radical (unpaired) electrons. The van der Waals surface area contributed by atoms with E-state index in [-0.39, 0.29) is 0 Å². The molecular formula is C11H17N3O. The minimum absolute atomic E-state index is 0.326. The van der Waals surface area contributed by atoms with E-state index in [9.17, 15) is 0 Å². The topological polar surface area (TPSA) is 61.0 Å². The fraction of sp³-hybridized carbons (Fsp3) is 0.636. The molecule has 1 atom stereocenters. The number of rotatable bonds is 2. The van der Waals surface area contributed by atoms with E-state index in [4.69, 9.17) is 10.5 Å². The second kappa shape index (κ2) is 4.57. The Morgan fingerprint density at radius 3 is 3.07 bits per heavy atom. The van der Waals surface area contributed by atoms with Crippen LogP contribution in [0.15, 0.2) is 6.07 Å². The molecule has 1 fully saturated rings. The first-order valence-electron chi connectivity index (χ1n) is 5.50. The minimum atomic E-state index is 0.326. The predicted molar refractivity (Wildman–Crippen MR) is 58.6 cm³/mol. The van der Waals surface area contributed by atoms with Gasteiger partial charge in [0.25, 0.3) is 0 Å². The molecule has 1 saturated heterocycles. The van der Waals surface area contributed by atoms with Gasteiger partial charge in [0.05, 0.1) is 6.61 Å². The zero-order valence-electron chi connectivity index (χ0n) is 9.07. The van der Waals surface area contributed by atoms with Gasteiger partial charge in [-0.1, -0.05) is 6.92 Å². The highest BCUT2D eigenvalue weighted by Crippen LogP contribution is 2.23. The lowest BCUT2D eigenvalue weighted by molar-refractivity contribution is 0.0780. The first kappa shape index (κ1) is 10.4. The quantitative estimate of drug-likeness (QED) is 0.798. The molecule has 2 rings (SSSR count). The Morgan fingerprint density at radius 1 is 1.53 bits per heavy atom. The highest BCUT2D eigenvalue weighted by atomic mass is 16.5. The molecule has 15 heavy (non-hydrogen) atoms. The molecule has 1 aliphatic heterocycles. The summed E-state index contributed by atoms with van der Waals surface area (Å²) in [6.45, 7) is 3.66. The Kier molecular flexibility index (Phi) is 3.16. The van der Waals surface area contributed by atoms with Crippen molar-refractivity contribution in [2.45, 2.75) is 32.1 Å². The van der Waals surface area contributed by atoms with Crippen LogP contribution >= 0.6 is 0 Å². The van der Waals surface area contributed by atoms with Gasteiger partial charge >= 0.3 is 0 Å². The molecule has 0 aliphatic carbocycles. The number of ether oxygens (including phenoxy) is 1. The maximum absolute atomic E-state index is 5.75. The van der Waals surface area contributed by atoms with Crippen LogP contribution in [0.25, 0.3) is 0 Å². The van der Waals surface area contributed by atoms with Crippen LogP contribution < -0.4 is 5.73 Å². The van der Waals surface area contributed by atoms with Gasteiger partial charge in [0, 0.05) is 24.3 Å². The molecule has 0 amide bonds. The maximum atomic E-state index is 5.75. The zero-order chi connectivity index (χ0) is 10.7. The van der Waals surface area contributed by atoms with Crippen LogP contribution in [0.4, 0.5) is 5.82 Å². The molecule has 4 nitrogen and oxygen atoms in total. The van der Waals surface area contributed by atoms with Gasteiger partial charge in [0.1, 0.15) is 11.6 Å². The van der Waals surface area contributed by atoms with Crippen molar-refractivity contribution in [3.8, 4) is 0 Å². The molecule has 0 aromatic carbocycles. The van der Waals surface area contributed by atoms with Crippen molar-refractivity contribution < 1.29 is 4.74 Å². The van der Waals surface area contributed by atoms with Crippen LogP contribution in [0.5, 0.6) is 0 Å². The Bertz CT molecular complexity index is 335. The Hall–Kier alpha value is -1.16. The van der Waals surface area contributed by atoms with Crippen molar-refractivity contribution >= 4 is 5.82 Å². The molecule has 1 unspecified atom stereocenters. The molecule has 2 heterocycles. The Balaban J connectivity index is 2.22. The van der Waals surface area contributed by atoms with Gasteiger partial charge in [-0.25, -0.2) is 9.97 Å². The van der Waals surface area contributed by atoms with E-state index in [1.54, 1.807) is 0 Å². The summed E-state index contributed by atoms with van der Waals surface area (Å²) in [5, 5.41) is 0. The van der Waals surface area contributed by atoms with E-state index in [1.807, 2.05) is 6.07 Å². The molecule has 1 aromatic rings. The van der Waals surface area contributed by atoms with Gasteiger partial charge in [0.15, 0.2) is 0 Å². The average Bonchev–Trinajstić information content (AvgIpc) is 2.29. The monoisotopic (exact) mass is 207 g/mol. The highest BCUT2D eigenvalue weighted by Gasteiger charge is 2.19. The number of aromatic nitrogens is 2. The number of hydrogen-bond acceptors (Lipinski definition) is 4. The van der Waals surface area contributed by atoms with Crippen molar-refractivity contribution in [2.24, 2.45) is 0 Å². The summed E-state index contributed by atoms with van der Waals surface area (Å²) in [5.41, 5.74) is 6.77. The number of aryl methyl sites for hydroxylation is 1. The van der Waals surface area contributed by atoms with Crippen LogP contribution in [0.1, 0.15) is 37.2 Å². The minimum Gasteiger partial charge on any atom is -0.384 e. The number of hydrogen-bond donors (Lipinski definition) is 1. The molecular weight excluding hydrogens is 190 g/mol. The van der Waals surface area contributed by atoms with E-state index in [0.29, 0.717) is 11.7 Å². The van der Waals surface area contributed by atoms with Gasteiger partial charge < -0.3 is 10.5 Å². The molecule has 0 saturated carbocycles. The SMILES string of the molecule is CCc1cc(N)nc(C2CCCOC2)n1. The summed E-state index contributed by atoms with van der Waals surface area (Å²) < 4.78 is 5.43. The van der Waals surface area contributed by atoms with E-state index in [0.717, 1.165) is 44.0 Å². The lowest BCUT2D eigenvalue weighted by Gasteiger charge is -2.21. The molecule has 2 N–H and O–H groups in total. The number of anilines is 1. The smallest absolute Gasteiger partial charge is 0.136 e. The van der Waals surface area contributed by atoms with Crippen LogP contribution in [-0.2, 0) is 11.2 Å².